The highest BCUT2D eigenvalue weighted by Gasteiger charge is 2.58. The quantitative estimate of drug-likeness (QED) is 0.725. The Hall–Kier alpha value is -2.00. The largest absolute Gasteiger partial charge is 0.506 e. The predicted molar refractivity (Wildman–Crippen MR) is 66.6 cm³/mol. The molecule has 1 aliphatic rings. The second-order valence-corrected chi connectivity index (χ2v) is 4.86. The molecule has 1 saturated heterocycles. The number of aromatic hydroxyl groups is 1. The van der Waals surface area contributed by atoms with E-state index in [1.165, 1.54) is 12.1 Å². The fourth-order valence-corrected chi connectivity index (χ4v) is 2.39. The van der Waals surface area contributed by atoms with Gasteiger partial charge in [-0.1, -0.05) is 0 Å². The summed E-state index contributed by atoms with van der Waals surface area (Å²) < 4.78 is 47.2. The van der Waals surface area contributed by atoms with Gasteiger partial charge >= 0.3 is 0 Å². The smallest absolute Gasteiger partial charge is 0.268 e. The molecule has 0 aliphatic carbocycles. The van der Waals surface area contributed by atoms with Crippen LogP contribution in [-0.2, 0) is 4.74 Å². The first-order valence-corrected chi connectivity index (χ1v) is 6.08. The summed E-state index contributed by atoms with van der Waals surface area (Å²) in [5.74, 6) is -3.37. The van der Waals surface area contributed by atoms with Gasteiger partial charge in [0, 0.05) is 11.8 Å². The van der Waals surface area contributed by atoms with Gasteiger partial charge in [-0.2, -0.15) is 0 Å². The highest BCUT2D eigenvalue weighted by atomic mass is 19.2. The Morgan fingerprint density at radius 2 is 2.14 bits per heavy atom. The van der Waals surface area contributed by atoms with Gasteiger partial charge in [0.05, 0.1) is 11.8 Å². The number of ether oxygens (including phenoxy) is 1. The van der Waals surface area contributed by atoms with E-state index in [0.717, 1.165) is 10.9 Å². The summed E-state index contributed by atoms with van der Waals surface area (Å²) in [6, 6.07) is 2.61. The summed E-state index contributed by atoms with van der Waals surface area (Å²) in [5, 5.41) is 18.5. The minimum Gasteiger partial charge on any atom is -0.506 e. The lowest BCUT2D eigenvalue weighted by molar-refractivity contribution is -0.195. The lowest BCUT2D eigenvalue weighted by Gasteiger charge is -2.19. The van der Waals surface area contributed by atoms with E-state index in [9.17, 15) is 18.3 Å². The summed E-state index contributed by atoms with van der Waals surface area (Å²) >= 11 is 0. The standard InChI is InChI=1S/C12H12F3N3O3/c13-8-10(14)12(15,3-19)21-11(8)18-4-17-9-6(18)1-5(16)2-7(9)20/h1-2,4,8,10-11,19-20H,3,16H2/t8-,10+,11-,12-/m1/s1. The molecule has 4 atom stereocenters. The number of phenolic OH excluding ortho intramolecular Hbond substituents is 1. The number of nitrogens with zero attached hydrogens (tertiary/aromatic N) is 2. The number of halogens is 3. The number of aliphatic hydroxyl groups excluding tert-OH is 1. The normalized spacial score (nSPS) is 32.9. The third kappa shape index (κ3) is 1.92. The number of nitrogens with two attached hydrogens (primary N) is 1. The van der Waals surface area contributed by atoms with Crippen LogP contribution in [0.4, 0.5) is 18.9 Å². The number of hydrogen-bond acceptors (Lipinski definition) is 5. The van der Waals surface area contributed by atoms with Crippen molar-refractivity contribution in [1.82, 2.24) is 9.55 Å². The number of fused-ring (bicyclic) bond motifs is 1. The first-order chi connectivity index (χ1) is 9.87. The zero-order valence-electron chi connectivity index (χ0n) is 10.6. The van der Waals surface area contributed by atoms with Crippen LogP contribution in [0.1, 0.15) is 6.23 Å². The summed E-state index contributed by atoms with van der Waals surface area (Å²) in [4.78, 5) is 3.84. The van der Waals surface area contributed by atoms with E-state index >= 15 is 0 Å². The zero-order valence-corrected chi connectivity index (χ0v) is 10.6. The van der Waals surface area contributed by atoms with Gasteiger partial charge in [-0.15, -0.1) is 0 Å². The van der Waals surface area contributed by atoms with Crippen molar-refractivity contribution in [2.24, 2.45) is 0 Å². The number of aromatic nitrogens is 2. The van der Waals surface area contributed by atoms with E-state index in [-0.39, 0.29) is 22.5 Å². The number of imidazole rings is 1. The molecule has 0 unspecified atom stereocenters. The van der Waals surface area contributed by atoms with Gasteiger partial charge in [0.2, 0.25) is 0 Å². The van der Waals surface area contributed by atoms with Gasteiger partial charge in [-0.3, -0.25) is 0 Å². The van der Waals surface area contributed by atoms with Crippen LogP contribution >= 0.6 is 0 Å². The number of rotatable bonds is 2. The molecule has 0 spiro atoms. The van der Waals surface area contributed by atoms with Crippen molar-refractivity contribution in [1.29, 1.82) is 0 Å². The third-order valence-corrected chi connectivity index (χ3v) is 3.45. The molecule has 1 fully saturated rings. The molecule has 1 aromatic heterocycles. The van der Waals surface area contributed by atoms with Crippen LogP contribution in [0.3, 0.4) is 0 Å². The van der Waals surface area contributed by atoms with E-state index in [0.29, 0.717) is 0 Å². The Balaban J connectivity index is 2.10. The van der Waals surface area contributed by atoms with Crippen molar-refractivity contribution >= 4 is 16.7 Å². The van der Waals surface area contributed by atoms with Crippen LogP contribution in [0.15, 0.2) is 18.5 Å². The van der Waals surface area contributed by atoms with E-state index in [4.69, 9.17) is 10.8 Å². The Labute approximate surface area is 116 Å². The van der Waals surface area contributed by atoms with Gasteiger partial charge in [-0.25, -0.2) is 18.2 Å². The van der Waals surface area contributed by atoms with Gasteiger partial charge < -0.3 is 25.3 Å². The van der Waals surface area contributed by atoms with Gasteiger partial charge in [0.1, 0.15) is 17.9 Å². The van der Waals surface area contributed by atoms with E-state index in [2.05, 4.69) is 9.72 Å². The molecule has 2 aromatic rings. The Morgan fingerprint density at radius 3 is 2.76 bits per heavy atom. The lowest BCUT2D eigenvalue weighted by Crippen LogP contribution is -2.38. The van der Waals surface area contributed by atoms with Crippen LogP contribution in [0.2, 0.25) is 0 Å². The van der Waals surface area contributed by atoms with Gasteiger partial charge in [0.25, 0.3) is 5.85 Å². The molecule has 21 heavy (non-hydrogen) atoms. The Kier molecular flexibility index (Phi) is 2.99. The van der Waals surface area contributed by atoms with Crippen LogP contribution in [-0.4, -0.2) is 44.6 Å². The molecule has 0 radical (unpaired) electrons. The minimum absolute atomic E-state index is 0.0933. The highest BCUT2D eigenvalue weighted by molar-refractivity contribution is 5.85. The van der Waals surface area contributed by atoms with Crippen LogP contribution in [0.5, 0.6) is 5.75 Å². The van der Waals surface area contributed by atoms with Crippen molar-refractivity contribution in [3.63, 3.8) is 0 Å². The van der Waals surface area contributed by atoms with Crippen LogP contribution < -0.4 is 5.73 Å². The van der Waals surface area contributed by atoms with Crippen molar-refractivity contribution in [2.75, 3.05) is 12.3 Å². The third-order valence-electron chi connectivity index (χ3n) is 3.45. The molecule has 9 heteroatoms. The number of phenols is 1. The molecule has 4 N–H and O–H groups in total. The first kappa shape index (κ1) is 14.0. The summed E-state index contributed by atoms with van der Waals surface area (Å²) in [6.45, 7) is -1.31. The number of hydrogen-bond donors (Lipinski definition) is 3. The fraction of sp³-hybridized carbons (Fsp3) is 0.417. The molecule has 1 aromatic carbocycles. The van der Waals surface area contributed by atoms with Crippen molar-refractivity contribution in [3.8, 4) is 5.75 Å². The average molecular weight is 303 g/mol. The molecule has 0 saturated carbocycles. The molecule has 3 rings (SSSR count). The Bertz CT molecular complexity index is 695. The maximum absolute atomic E-state index is 14.0. The lowest BCUT2D eigenvalue weighted by atomic mass is 10.1. The zero-order chi connectivity index (χ0) is 15.4. The summed E-state index contributed by atoms with van der Waals surface area (Å²) in [5.41, 5.74) is 5.99. The van der Waals surface area contributed by atoms with Gasteiger partial charge in [0.15, 0.2) is 18.6 Å². The maximum atomic E-state index is 14.0. The van der Waals surface area contributed by atoms with Crippen molar-refractivity contribution in [2.45, 2.75) is 24.4 Å². The monoisotopic (exact) mass is 303 g/mol. The first-order valence-electron chi connectivity index (χ1n) is 6.08. The molecular weight excluding hydrogens is 291 g/mol. The second-order valence-electron chi connectivity index (χ2n) is 4.86. The molecule has 2 heterocycles. The predicted octanol–water partition coefficient (Wildman–Crippen LogP) is 1.19. The summed E-state index contributed by atoms with van der Waals surface area (Å²) in [6.07, 6.45) is -5.57. The number of alkyl halides is 3. The fourth-order valence-electron chi connectivity index (χ4n) is 2.39. The highest BCUT2D eigenvalue weighted by Crippen LogP contribution is 2.43. The van der Waals surface area contributed by atoms with Crippen LogP contribution in [0, 0.1) is 0 Å². The molecule has 6 nitrogen and oxygen atoms in total. The molecule has 1 aliphatic heterocycles. The number of benzene rings is 1. The second kappa shape index (κ2) is 4.50. The van der Waals surface area contributed by atoms with Crippen molar-refractivity contribution in [3.05, 3.63) is 18.5 Å². The summed E-state index contributed by atoms with van der Waals surface area (Å²) in [7, 11) is 0. The maximum Gasteiger partial charge on any atom is 0.268 e. The minimum atomic E-state index is -3.12. The Morgan fingerprint density at radius 1 is 1.43 bits per heavy atom. The number of anilines is 1. The van der Waals surface area contributed by atoms with Gasteiger partial charge in [-0.05, 0) is 6.07 Å². The van der Waals surface area contributed by atoms with Crippen LogP contribution in [0.25, 0.3) is 11.0 Å². The molecule has 0 amide bonds. The molecule has 114 valence electrons. The van der Waals surface area contributed by atoms with E-state index in [1.54, 1.807) is 0 Å². The average Bonchev–Trinajstić information content (AvgIpc) is 2.95. The topological polar surface area (TPSA) is 93.5 Å². The SMILES string of the molecule is Nc1cc(O)c2ncn([C@@H]3O[C@](F)(CO)[C@@H](F)[C@H]3F)c2c1. The number of aliphatic hydroxyl groups is 1. The number of nitrogen functional groups attached to an aromatic ring is 1. The van der Waals surface area contributed by atoms with E-state index < -0.39 is 31.0 Å². The van der Waals surface area contributed by atoms with E-state index in [1.807, 2.05) is 0 Å². The molecule has 0 bridgehead atoms. The van der Waals surface area contributed by atoms with Crippen molar-refractivity contribution < 1.29 is 28.1 Å². The molecular formula is C12H12F3N3O3.